The molecule has 24 heavy (non-hydrogen) atoms. The van der Waals surface area contributed by atoms with E-state index in [-0.39, 0.29) is 22.1 Å². The van der Waals surface area contributed by atoms with Crippen LogP contribution in [0.3, 0.4) is 0 Å². The van der Waals surface area contributed by atoms with Gasteiger partial charge < -0.3 is 4.74 Å². The largest absolute Gasteiger partial charge is 0.462 e. The molecule has 2 rings (SSSR count). The van der Waals surface area contributed by atoms with Gasteiger partial charge in [-0.3, -0.25) is 4.72 Å². The topological polar surface area (TPSA) is 72.5 Å². The summed E-state index contributed by atoms with van der Waals surface area (Å²) in [6.45, 7) is 5.70. The molecule has 0 radical (unpaired) electrons. The number of anilines is 1. The van der Waals surface area contributed by atoms with Crippen LogP contribution >= 0.6 is 11.6 Å². The molecule has 0 fully saturated rings. The van der Waals surface area contributed by atoms with Crippen molar-refractivity contribution in [1.82, 2.24) is 0 Å². The van der Waals surface area contributed by atoms with Crippen molar-refractivity contribution >= 4 is 33.3 Å². The molecule has 2 aromatic rings. The maximum atomic E-state index is 12.6. The molecule has 0 saturated heterocycles. The van der Waals surface area contributed by atoms with Crippen LogP contribution in [-0.4, -0.2) is 21.0 Å². The summed E-state index contributed by atoms with van der Waals surface area (Å²) >= 11 is 6.01. The molecule has 0 aromatic heterocycles. The molecule has 2 aromatic carbocycles. The lowest BCUT2D eigenvalue weighted by molar-refractivity contribution is 0.0526. The maximum Gasteiger partial charge on any atom is 0.338 e. The van der Waals surface area contributed by atoms with Gasteiger partial charge in [0.15, 0.2) is 0 Å². The number of sulfonamides is 1. The van der Waals surface area contributed by atoms with Gasteiger partial charge in [-0.25, -0.2) is 13.2 Å². The summed E-state index contributed by atoms with van der Waals surface area (Å²) in [6.07, 6.45) is 0. The Morgan fingerprint density at radius 3 is 2.46 bits per heavy atom. The van der Waals surface area contributed by atoms with Gasteiger partial charge in [0, 0.05) is 5.69 Å². The quantitative estimate of drug-likeness (QED) is 0.812. The molecule has 5 nitrogen and oxygen atoms in total. The van der Waals surface area contributed by atoms with Crippen LogP contribution in [0.4, 0.5) is 5.69 Å². The number of carbonyl (C=O) groups is 1. The van der Waals surface area contributed by atoms with E-state index in [0.717, 1.165) is 11.1 Å². The second-order valence-corrected chi connectivity index (χ2v) is 7.33. The summed E-state index contributed by atoms with van der Waals surface area (Å²) in [6, 6.07) is 9.23. The standard InChI is InChI=1S/C17H18ClNO4S/c1-4-23-17(20)13-6-8-15(18)16(10-13)24(21,22)19-14-7-5-11(2)12(3)9-14/h5-10,19H,4H2,1-3H3. The third-order valence-corrected chi connectivity index (χ3v) is 5.35. The van der Waals surface area contributed by atoms with Gasteiger partial charge in [-0.1, -0.05) is 17.7 Å². The number of nitrogens with one attached hydrogen (secondary N) is 1. The van der Waals surface area contributed by atoms with E-state index in [1.807, 2.05) is 19.9 Å². The van der Waals surface area contributed by atoms with Crippen LogP contribution in [0.5, 0.6) is 0 Å². The molecule has 0 aliphatic rings. The van der Waals surface area contributed by atoms with Crippen LogP contribution in [0.25, 0.3) is 0 Å². The Morgan fingerprint density at radius 1 is 1.12 bits per heavy atom. The van der Waals surface area contributed by atoms with E-state index >= 15 is 0 Å². The van der Waals surface area contributed by atoms with Crippen molar-refractivity contribution in [3.63, 3.8) is 0 Å². The fourth-order valence-corrected chi connectivity index (χ4v) is 3.64. The molecule has 0 amide bonds. The van der Waals surface area contributed by atoms with E-state index in [1.54, 1.807) is 19.1 Å². The fraction of sp³-hybridized carbons (Fsp3) is 0.235. The van der Waals surface area contributed by atoms with Gasteiger partial charge in [0.2, 0.25) is 0 Å². The van der Waals surface area contributed by atoms with Crippen molar-refractivity contribution in [2.45, 2.75) is 25.7 Å². The van der Waals surface area contributed by atoms with E-state index in [1.165, 1.54) is 18.2 Å². The summed E-state index contributed by atoms with van der Waals surface area (Å²) in [7, 11) is -3.93. The number of hydrogen-bond acceptors (Lipinski definition) is 4. The molecule has 0 saturated carbocycles. The molecule has 0 heterocycles. The van der Waals surface area contributed by atoms with Crippen molar-refractivity contribution < 1.29 is 17.9 Å². The van der Waals surface area contributed by atoms with Gasteiger partial charge in [0.1, 0.15) is 4.90 Å². The minimum atomic E-state index is -3.93. The first-order valence-electron chi connectivity index (χ1n) is 7.31. The van der Waals surface area contributed by atoms with E-state index < -0.39 is 16.0 Å². The van der Waals surface area contributed by atoms with E-state index in [2.05, 4.69) is 4.72 Å². The second kappa shape index (κ2) is 7.23. The van der Waals surface area contributed by atoms with Gasteiger partial charge in [0.05, 0.1) is 17.2 Å². The van der Waals surface area contributed by atoms with Gasteiger partial charge in [-0.2, -0.15) is 0 Å². The Morgan fingerprint density at radius 2 is 1.83 bits per heavy atom. The summed E-state index contributed by atoms with van der Waals surface area (Å²) in [4.78, 5) is 11.6. The number of aryl methyl sites for hydroxylation is 2. The number of ether oxygens (including phenoxy) is 1. The minimum Gasteiger partial charge on any atom is -0.462 e. The molecular formula is C17H18ClNO4S. The van der Waals surface area contributed by atoms with Gasteiger partial charge in [0.25, 0.3) is 10.0 Å². The van der Waals surface area contributed by atoms with Crippen molar-refractivity contribution in [3.8, 4) is 0 Å². The lowest BCUT2D eigenvalue weighted by Gasteiger charge is -2.12. The first-order valence-corrected chi connectivity index (χ1v) is 9.17. The first kappa shape index (κ1) is 18.3. The smallest absolute Gasteiger partial charge is 0.338 e. The highest BCUT2D eigenvalue weighted by Gasteiger charge is 2.21. The van der Waals surface area contributed by atoms with Crippen LogP contribution in [0.2, 0.25) is 5.02 Å². The summed E-state index contributed by atoms with van der Waals surface area (Å²) in [5.74, 6) is -0.600. The van der Waals surface area contributed by atoms with Gasteiger partial charge >= 0.3 is 5.97 Å². The van der Waals surface area contributed by atoms with Gasteiger partial charge in [-0.15, -0.1) is 0 Å². The Labute approximate surface area is 146 Å². The lowest BCUT2D eigenvalue weighted by Crippen LogP contribution is -2.15. The molecule has 0 unspecified atom stereocenters. The molecule has 7 heteroatoms. The SMILES string of the molecule is CCOC(=O)c1ccc(Cl)c(S(=O)(=O)Nc2ccc(C)c(C)c2)c1. The molecule has 0 aliphatic heterocycles. The highest BCUT2D eigenvalue weighted by molar-refractivity contribution is 7.92. The average molecular weight is 368 g/mol. The number of halogens is 1. The number of hydrogen-bond donors (Lipinski definition) is 1. The third kappa shape index (κ3) is 4.07. The van der Waals surface area contributed by atoms with Crippen molar-refractivity contribution in [2.24, 2.45) is 0 Å². The Hall–Kier alpha value is -2.05. The molecular weight excluding hydrogens is 350 g/mol. The maximum absolute atomic E-state index is 12.6. The summed E-state index contributed by atoms with van der Waals surface area (Å²) in [5, 5.41) is 0.0272. The van der Waals surface area contributed by atoms with E-state index in [4.69, 9.17) is 16.3 Å². The summed E-state index contributed by atoms with van der Waals surface area (Å²) in [5.41, 5.74) is 2.57. The van der Waals surface area contributed by atoms with Crippen LogP contribution in [0, 0.1) is 13.8 Å². The second-order valence-electron chi connectivity index (χ2n) is 5.27. The van der Waals surface area contributed by atoms with Gasteiger partial charge in [-0.05, 0) is 62.2 Å². The predicted molar refractivity (Wildman–Crippen MR) is 94.1 cm³/mol. The van der Waals surface area contributed by atoms with E-state index in [0.29, 0.717) is 5.69 Å². The van der Waals surface area contributed by atoms with Crippen molar-refractivity contribution in [2.75, 3.05) is 11.3 Å². The average Bonchev–Trinajstić information content (AvgIpc) is 2.51. The monoisotopic (exact) mass is 367 g/mol. The third-order valence-electron chi connectivity index (χ3n) is 3.49. The van der Waals surface area contributed by atoms with Crippen LogP contribution in [0.1, 0.15) is 28.4 Å². The molecule has 1 N–H and O–H groups in total. The highest BCUT2D eigenvalue weighted by atomic mass is 35.5. The van der Waals surface area contributed by atoms with Crippen LogP contribution in [0.15, 0.2) is 41.3 Å². The Balaban J connectivity index is 2.39. The van der Waals surface area contributed by atoms with E-state index in [9.17, 15) is 13.2 Å². The molecule has 0 atom stereocenters. The number of rotatable bonds is 5. The normalized spacial score (nSPS) is 11.2. The predicted octanol–water partition coefficient (Wildman–Crippen LogP) is 3.93. The molecule has 128 valence electrons. The Kier molecular flexibility index (Phi) is 5.51. The van der Waals surface area contributed by atoms with Crippen molar-refractivity contribution in [1.29, 1.82) is 0 Å². The first-order chi connectivity index (χ1) is 11.2. The van der Waals surface area contributed by atoms with Crippen LogP contribution in [-0.2, 0) is 14.8 Å². The summed E-state index contributed by atoms with van der Waals surface area (Å²) < 4.78 is 32.6. The number of benzene rings is 2. The molecule has 0 spiro atoms. The molecule has 0 bridgehead atoms. The number of carbonyl (C=O) groups excluding carboxylic acids is 1. The zero-order valence-electron chi connectivity index (χ0n) is 13.6. The minimum absolute atomic E-state index is 0.0272. The highest BCUT2D eigenvalue weighted by Crippen LogP contribution is 2.26. The molecule has 0 aliphatic carbocycles. The zero-order chi connectivity index (χ0) is 17.9. The lowest BCUT2D eigenvalue weighted by atomic mass is 10.1. The van der Waals surface area contributed by atoms with Crippen molar-refractivity contribution in [3.05, 3.63) is 58.1 Å². The fourth-order valence-electron chi connectivity index (χ4n) is 2.07. The van der Waals surface area contributed by atoms with Crippen LogP contribution < -0.4 is 4.72 Å². The zero-order valence-corrected chi connectivity index (χ0v) is 15.2. The number of esters is 1. The Bertz CT molecular complexity index is 878.